The van der Waals surface area contributed by atoms with Crippen LogP contribution in [-0.2, 0) is 9.59 Å². The molecule has 0 aromatic rings. The Hall–Kier alpha value is -1.83. The van der Waals surface area contributed by atoms with E-state index in [1.165, 1.54) is 44.9 Å². The third-order valence-electron chi connectivity index (χ3n) is 11.8. The van der Waals surface area contributed by atoms with Crippen molar-refractivity contribution in [2.45, 2.75) is 116 Å². The van der Waals surface area contributed by atoms with Crippen LogP contribution in [0.2, 0.25) is 0 Å². The molecule has 0 spiro atoms. The van der Waals surface area contributed by atoms with Crippen molar-refractivity contribution < 1.29 is 19.8 Å². The Morgan fingerprint density at radius 1 is 1.03 bits per heavy atom. The zero-order valence-electron chi connectivity index (χ0n) is 23.8. The maximum atomic E-state index is 12.7. The summed E-state index contributed by atoms with van der Waals surface area (Å²) in [6.45, 7) is 7.80. The van der Waals surface area contributed by atoms with E-state index in [1.807, 2.05) is 0 Å². The molecular formula is C30H52N4O4. The van der Waals surface area contributed by atoms with Gasteiger partial charge in [0.05, 0.1) is 6.10 Å². The monoisotopic (exact) mass is 532 g/mol. The summed E-state index contributed by atoms with van der Waals surface area (Å²) in [7, 11) is 0. The second-order valence-electron chi connectivity index (χ2n) is 13.8. The van der Waals surface area contributed by atoms with Gasteiger partial charge in [-0.1, -0.05) is 20.8 Å². The number of aliphatic hydroxyl groups excluding tert-OH is 1. The minimum Gasteiger partial charge on any atom is -0.480 e. The smallest absolute Gasteiger partial charge is 0.326 e. The highest BCUT2D eigenvalue weighted by molar-refractivity contribution is 5.83. The fourth-order valence-corrected chi connectivity index (χ4v) is 9.82. The van der Waals surface area contributed by atoms with Crippen LogP contribution in [0.25, 0.3) is 0 Å². The molecule has 4 rings (SSSR count). The van der Waals surface area contributed by atoms with Crippen molar-refractivity contribution in [3.63, 3.8) is 0 Å². The van der Waals surface area contributed by atoms with Crippen molar-refractivity contribution in [2.75, 3.05) is 6.54 Å². The molecule has 0 unspecified atom stereocenters. The number of nitrogens with one attached hydrogen (secondary N) is 3. The summed E-state index contributed by atoms with van der Waals surface area (Å²) in [5, 5.41) is 32.4. The van der Waals surface area contributed by atoms with Gasteiger partial charge in [-0.25, -0.2) is 4.79 Å². The van der Waals surface area contributed by atoms with Crippen molar-refractivity contribution in [2.24, 2.45) is 52.1 Å². The van der Waals surface area contributed by atoms with E-state index in [2.05, 4.69) is 31.4 Å². The first-order valence-electron chi connectivity index (χ1n) is 15.2. The van der Waals surface area contributed by atoms with Crippen LogP contribution in [0, 0.1) is 51.7 Å². The predicted octanol–water partition coefficient (Wildman–Crippen LogP) is 4.26. The molecule has 8 nitrogen and oxygen atoms in total. The number of carbonyl (C=O) groups is 2. The van der Waals surface area contributed by atoms with E-state index in [0.717, 1.165) is 37.0 Å². The SMILES string of the molecule is C[C@H](CCC(=O)N[C@@H](CCCNC(=N)N)C(=O)O)[C@H]1CC[C@H]2[C@@H]3CC[C@@H]4C[C@H](O)CC[C@]4(C)[C@H]3CC[C@]12C. The molecule has 0 bridgehead atoms. The number of aliphatic hydroxyl groups is 1. The van der Waals surface area contributed by atoms with E-state index in [-0.39, 0.29) is 18.0 Å². The second kappa shape index (κ2) is 11.7. The largest absolute Gasteiger partial charge is 0.480 e. The van der Waals surface area contributed by atoms with Gasteiger partial charge >= 0.3 is 5.97 Å². The molecular weight excluding hydrogens is 480 g/mol. The Labute approximate surface area is 228 Å². The van der Waals surface area contributed by atoms with E-state index < -0.39 is 12.0 Å². The lowest BCUT2D eigenvalue weighted by Gasteiger charge is -2.61. The molecule has 10 atom stereocenters. The van der Waals surface area contributed by atoms with E-state index in [4.69, 9.17) is 11.1 Å². The van der Waals surface area contributed by atoms with Crippen LogP contribution >= 0.6 is 0 Å². The third kappa shape index (κ3) is 5.85. The molecule has 0 radical (unpaired) electrons. The zero-order chi connectivity index (χ0) is 27.7. The van der Waals surface area contributed by atoms with Gasteiger partial charge in [0.15, 0.2) is 5.96 Å². The van der Waals surface area contributed by atoms with Crippen LogP contribution < -0.4 is 16.4 Å². The van der Waals surface area contributed by atoms with Crippen molar-refractivity contribution in [1.29, 1.82) is 5.41 Å². The second-order valence-corrected chi connectivity index (χ2v) is 13.8. The van der Waals surface area contributed by atoms with Crippen LogP contribution in [0.3, 0.4) is 0 Å². The summed E-state index contributed by atoms with van der Waals surface area (Å²) >= 11 is 0. The number of hydrogen-bond acceptors (Lipinski definition) is 4. The highest BCUT2D eigenvalue weighted by Gasteiger charge is 2.60. The lowest BCUT2D eigenvalue weighted by atomic mass is 9.44. The first kappa shape index (κ1) is 29.2. The van der Waals surface area contributed by atoms with Crippen LogP contribution in [0.4, 0.5) is 0 Å². The summed E-state index contributed by atoms with van der Waals surface area (Å²) in [6, 6.07) is -0.910. The van der Waals surface area contributed by atoms with E-state index >= 15 is 0 Å². The first-order chi connectivity index (χ1) is 18.0. The summed E-state index contributed by atoms with van der Waals surface area (Å²) in [4.78, 5) is 24.3. The molecule has 38 heavy (non-hydrogen) atoms. The van der Waals surface area contributed by atoms with Gasteiger partial charge in [0.2, 0.25) is 5.91 Å². The number of carboxylic acids is 1. The average Bonchev–Trinajstić information content (AvgIpc) is 3.22. The number of fused-ring (bicyclic) bond motifs is 5. The van der Waals surface area contributed by atoms with Crippen LogP contribution in [0.5, 0.6) is 0 Å². The standard InChI is InChI=1S/C30H52N4O4/c1-18(6-11-26(36)34-25(27(37)38)5-4-16-33-28(31)32)22-9-10-23-21-8-7-19-17-20(35)12-14-29(19,2)24(21)13-15-30(22,23)3/h18-25,35H,4-17H2,1-3H3,(H,34,36)(H,37,38)(H4,31,32,33)/t18-,19-,20-,21+,22-,23+,24+,25+,29+,30-/m1/s1. The van der Waals surface area contributed by atoms with Gasteiger partial charge in [-0.05, 0) is 123 Å². The lowest BCUT2D eigenvalue weighted by molar-refractivity contribution is -0.142. The van der Waals surface area contributed by atoms with Gasteiger partial charge < -0.3 is 26.6 Å². The molecule has 0 aromatic heterocycles. The molecule has 7 N–H and O–H groups in total. The summed E-state index contributed by atoms with van der Waals surface area (Å²) in [5.41, 5.74) is 6.00. The van der Waals surface area contributed by atoms with Crippen molar-refractivity contribution in [3.05, 3.63) is 0 Å². The Bertz CT molecular complexity index is 882. The molecule has 0 saturated heterocycles. The molecule has 0 aromatic carbocycles. The van der Waals surface area contributed by atoms with Gasteiger partial charge in [-0.15, -0.1) is 0 Å². The fraction of sp³-hybridized carbons (Fsp3) is 0.900. The number of hydrogen-bond donors (Lipinski definition) is 6. The maximum Gasteiger partial charge on any atom is 0.326 e. The van der Waals surface area contributed by atoms with Gasteiger partial charge in [0, 0.05) is 13.0 Å². The van der Waals surface area contributed by atoms with Crippen molar-refractivity contribution in [3.8, 4) is 0 Å². The molecule has 0 aliphatic heterocycles. The average molecular weight is 533 g/mol. The number of rotatable bonds is 10. The van der Waals surface area contributed by atoms with Gasteiger partial charge in [0.1, 0.15) is 6.04 Å². The van der Waals surface area contributed by atoms with Gasteiger partial charge in [-0.3, -0.25) is 10.2 Å². The molecule has 4 aliphatic rings. The normalized spacial score (nSPS) is 39.7. The van der Waals surface area contributed by atoms with Gasteiger partial charge in [-0.2, -0.15) is 0 Å². The number of nitrogens with two attached hydrogens (primary N) is 1. The fourth-order valence-electron chi connectivity index (χ4n) is 9.82. The summed E-state index contributed by atoms with van der Waals surface area (Å²) in [6.07, 6.45) is 12.8. The molecule has 0 heterocycles. The Balaban J connectivity index is 1.30. The summed E-state index contributed by atoms with van der Waals surface area (Å²) in [5.74, 6) is 2.77. The molecule has 4 fully saturated rings. The zero-order valence-corrected chi connectivity index (χ0v) is 23.8. The first-order valence-corrected chi connectivity index (χ1v) is 15.2. The highest BCUT2D eigenvalue weighted by Crippen LogP contribution is 2.68. The highest BCUT2D eigenvalue weighted by atomic mass is 16.4. The van der Waals surface area contributed by atoms with E-state index in [9.17, 15) is 19.8 Å². The number of carbonyl (C=O) groups excluding carboxylic acids is 1. The van der Waals surface area contributed by atoms with E-state index in [1.54, 1.807) is 0 Å². The number of guanidine groups is 1. The molecule has 216 valence electrons. The molecule has 1 amide bonds. The molecule has 4 aliphatic carbocycles. The Morgan fingerprint density at radius 2 is 1.74 bits per heavy atom. The minimum atomic E-state index is -1.02. The quantitative estimate of drug-likeness (QED) is 0.141. The van der Waals surface area contributed by atoms with Crippen LogP contribution in [0.1, 0.15) is 104 Å². The van der Waals surface area contributed by atoms with Crippen LogP contribution in [0.15, 0.2) is 0 Å². The van der Waals surface area contributed by atoms with Gasteiger partial charge in [0.25, 0.3) is 0 Å². The molecule has 4 saturated carbocycles. The number of amides is 1. The minimum absolute atomic E-state index is 0.0955. The Morgan fingerprint density at radius 3 is 2.45 bits per heavy atom. The van der Waals surface area contributed by atoms with Crippen molar-refractivity contribution >= 4 is 17.8 Å². The third-order valence-corrected chi connectivity index (χ3v) is 11.8. The maximum absolute atomic E-state index is 12.7. The van der Waals surface area contributed by atoms with Crippen molar-refractivity contribution in [1.82, 2.24) is 10.6 Å². The van der Waals surface area contributed by atoms with E-state index in [0.29, 0.717) is 54.4 Å². The number of aliphatic carboxylic acids is 1. The van der Waals surface area contributed by atoms with Crippen LogP contribution in [-0.4, -0.2) is 46.7 Å². The summed E-state index contributed by atoms with van der Waals surface area (Å²) < 4.78 is 0. The Kier molecular flexibility index (Phi) is 9.00. The lowest BCUT2D eigenvalue weighted by Crippen LogP contribution is -2.54. The molecule has 8 heteroatoms. The number of carboxylic acid groups (broad SMARTS) is 1. The predicted molar refractivity (Wildman–Crippen MR) is 148 cm³/mol. The topological polar surface area (TPSA) is 149 Å².